The number of rotatable bonds is 5. The lowest BCUT2D eigenvalue weighted by Gasteiger charge is -2.04. The van der Waals surface area contributed by atoms with Crippen LogP contribution in [-0.4, -0.2) is 29.1 Å². The number of H-pyrrole nitrogens is 1. The van der Waals surface area contributed by atoms with Gasteiger partial charge >= 0.3 is 0 Å². The summed E-state index contributed by atoms with van der Waals surface area (Å²) in [5, 5.41) is 12.5. The molecule has 17 heavy (non-hydrogen) atoms. The van der Waals surface area contributed by atoms with E-state index in [0.717, 1.165) is 23.7 Å². The second-order valence-corrected chi connectivity index (χ2v) is 3.97. The van der Waals surface area contributed by atoms with Gasteiger partial charge in [-0.3, -0.25) is 4.79 Å². The zero-order valence-electron chi connectivity index (χ0n) is 9.57. The third kappa shape index (κ3) is 2.85. The quantitative estimate of drug-likeness (QED) is 0.686. The number of fused-ring (bicyclic) bond motifs is 1. The zero-order valence-corrected chi connectivity index (χ0v) is 9.57. The van der Waals surface area contributed by atoms with E-state index in [4.69, 9.17) is 5.11 Å². The highest BCUT2D eigenvalue weighted by atomic mass is 16.2. The molecule has 2 rings (SSSR count). The Bertz CT molecular complexity index is 505. The Labute approximate surface area is 99.7 Å². The first-order chi connectivity index (χ1) is 8.31. The van der Waals surface area contributed by atoms with Gasteiger partial charge in [0.2, 0.25) is 0 Å². The molecule has 3 N–H and O–H groups in total. The van der Waals surface area contributed by atoms with E-state index in [1.165, 1.54) is 0 Å². The summed E-state index contributed by atoms with van der Waals surface area (Å²) in [6.45, 7) is 0.774. The van der Waals surface area contributed by atoms with Crippen molar-refractivity contribution in [1.29, 1.82) is 0 Å². The van der Waals surface area contributed by atoms with Crippen molar-refractivity contribution in [3.63, 3.8) is 0 Å². The number of hydrogen-bond acceptors (Lipinski definition) is 2. The van der Waals surface area contributed by atoms with E-state index in [1.54, 1.807) is 6.07 Å². The molecule has 0 atom stereocenters. The van der Waals surface area contributed by atoms with Crippen molar-refractivity contribution < 1.29 is 9.90 Å². The van der Waals surface area contributed by atoms with Gasteiger partial charge in [-0.2, -0.15) is 0 Å². The molecule has 0 aliphatic carbocycles. The average Bonchev–Trinajstić information content (AvgIpc) is 2.81. The summed E-state index contributed by atoms with van der Waals surface area (Å²) in [6, 6.07) is 7.52. The Morgan fingerprint density at radius 2 is 2.18 bits per heavy atom. The van der Waals surface area contributed by atoms with Crippen molar-refractivity contribution in [2.45, 2.75) is 12.8 Å². The number of unbranched alkanes of at least 4 members (excludes halogenated alkanes) is 1. The summed E-state index contributed by atoms with van der Waals surface area (Å²) >= 11 is 0. The number of aromatic amines is 1. The maximum Gasteiger partial charge on any atom is 0.251 e. The molecule has 0 radical (unpaired) electrons. The van der Waals surface area contributed by atoms with Crippen molar-refractivity contribution >= 4 is 16.8 Å². The monoisotopic (exact) mass is 232 g/mol. The molecule has 1 amide bonds. The number of carbonyl (C=O) groups excluding carboxylic acids is 1. The molecule has 0 unspecified atom stereocenters. The Kier molecular flexibility index (Phi) is 3.77. The molecular weight excluding hydrogens is 216 g/mol. The zero-order chi connectivity index (χ0) is 12.1. The molecule has 1 heterocycles. The van der Waals surface area contributed by atoms with E-state index in [2.05, 4.69) is 10.3 Å². The van der Waals surface area contributed by atoms with Crippen molar-refractivity contribution in [2.75, 3.05) is 13.2 Å². The van der Waals surface area contributed by atoms with Crippen molar-refractivity contribution in [1.82, 2.24) is 10.3 Å². The molecule has 0 fully saturated rings. The number of nitrogens with one attached hydrogen (secondary N) is 2. The average molecular weight is 232 g/mol. The molecule has 4 nitrogen and oxygen atoms in total. The topological polar surface area (TPSA) is 65.1 Å². The molecule has 1 aromatic heterocycles. The lowest BCUT2D eigenvalue weighted by atomic mass is 10.1. The summed E-state index contributed by atoms with van der Waals surface area (Å²) in [5.41, 5.74) is 1.70. The molecule has 0 spiro atoms. The van der Waals surface area contributed by atoms with Crippen LogP contribution in [0.3, 0.4) is 0 Å². The first-order valence-corrected chi connectivity index (χ1v) is 5.77. The number of amides is 1. The predicted octanol–water partition coefficient (Wildman–Crippen LogP) is 1.67. The minimum Gasteiger partial charge on any atom is -0.396 e. The first-order valence-electron chi connectivity index (χ1n) is 5.77. The number of aliphatic hydroxyl groups is 1. The molecule has 4 heteroatoms. The van der Waals surface area contributed by atoms with Gasteiger partial charge in [-0.15, -0.1) is 0 Å². The van der Waals surface area contributed by atoms with Crippen LogP contribution in [-0.2, 0) is 0 Å². The van der Waals surface area contributed by atoms with Gasteiger partial charge in [-0.05, 0) is 37.1 Å². The van der Waals surface area contributed by atoms with Crippen LogP contribution >= 0.6 is 0 Å². The largest absolute Gasteiger partial charge is 0.396 e. The smallest absolute Gasteiger partial charge is 0.251 e. The van der Waals surface area contributed by atoms with E-state index < -0.39 is 0 Å². The lowest BCUT2D eigenvalue weighted by molar-refractivity contribution is 0.0952. The van der Waals surface area contributed by atoms with Gasteiger partial charge in [0, 0.05) is 35.8 Å². The Hall–Kier alpha value is -1.81. The van der Waals surface area contributed by atoms with Gasteiger partial charge < -0.3 is 15.4 Å². The summed E-state index contributed by atoms with van der Waals surface area (Å²) in [5.74, 6) is -0.0639. The van der Waals surface area contributed by atoms with Crippen LogP contribution in [0.1, 0.15) is 23.2 Å². The molecule has 90 valence electrons. The first kappa shape index (κ1) is 11.7. The van der Waals surface area contributed by atoms with E-state index >= 15 is 0 Å². The van der Waals surface area contributed by atoms with Crippen LogP contribution in [0.5, 0.6) is 0 Å². The highest BCUT2D eigenvalue weighted by Crippen LogP contribution is 2.14. The summed E-state index contributed by atoms with van der Waals surface area (Å²) in [6.07, 6.45) is 3.37. The number of hydrogen-bond donors (Lipinski definition) is 3. The summed E-state index contributed by atoms with van der Waals surface area (Å²) in [7, 11) is 0. The Morgan fingerprint density at radius 3 is 3.00 bits per heavy atom. The molecule has 0 saturated carbocycles. The van der Waals surface area contributed by atoms with Crippen LogP contribution in [0.25, 0.3) is 10.9 Å². The molecule has 2 aromatic rings. The second-order valence-electron chi connectivity index (χ2n) is 3.97. The molecule has 0 bridgehead atoms. The third-order valence-corrected chi connectivity index (χ3v) is 2.69. The maximum atomic E-state index is 11.8. The van der Waals surface area contributed by atoms with E-state index in [-0.39, 0.29) is 12.5 Å². The number of aliphatic hydroxyl groups excluding tert-OH is 1. The van der Waals surface area contributed by atoms with E-state index in [0.29, 0.717) is 12.1 Å². The Balaban J connectivity index is 1.98. The van der Waals surface area contributed by atoms with Crippen LogP contribution in [0.2, 0.25) is 0 Å². The normalized spacial score (nSPS) is 10.6. The summed E-state index contributed by atoms with van der Waals surface area (Å²) < 4.78 is 0. The van der Waals surface area contributed by atoms with Gasteiger partial charge in [0.25, 0.3) is 5.91 Å². The van der Waals surface area contributed by atoms with Crippen molar-refractivity contribution in [2.24, 2.45) is 0 Å². The van der Waals surface area contributed by atoms with Gasteiger partial charge in [0.05, 0.1) is 0 Å². The van der Waals surface area contributed by atoms with Crippen LogP contribution in [0.4, 0.5) is 0 Å². The number of carbonyl (C=O) groups is 1. The highest BCUT2D eigenvalue weighted by molar-refractivity contribution is 5.98. The highest BCUT2D eigenvalue weighted by Gasteiger charge is 2.05. The second kappa shape index (κ2) is 5.50. The van der Waals surface area contributed by atoms with E-state index in [9.17, 15) is 4.79 Å². The predicted molar refractivity (Wildman–Crippen MR) is 67.0 cm³/mol. The fourth-order valence-electron chi connectivity index (χ4n) is 1.74. The molecule has 1 aromatic carbocycles. The fourth-order valence-corrected chi connectivity index (χ4v) is 1.74. The molecule has 0 aliphatic heterocycles. The molecule has 0 saturated heterocycles. The third-order valence-electron chi connectivity index (χ3n) is 2.69. The SMILES string of the molecule is O=C(NCCCCO)c1ccc2[nH]ccc2c1. The minimum atomic E-state index is -0.0639. The summed E-state index contributed by atoms with van der Waals surface area (Å²) in [4.78, 5) is 14.9. The molecular formula is C13H16N2O2. The fraction of sp³-hybridized carbons (Fsp3) is 0.308. The van der Waals surface area contributed by atoms with Crippen LogP contribution in [0, 0.1) is 0 Å². The van der Waals surface area contributed by atoms with Gasteiger partial charge in [-0.25, -0.2) is 0 Å². The van der Waals surface area contributed by atoms with Gasteiger partial charge in [-0.1, -0.05) is 0 Å². The van der Waals surface area contributed by atoms with Crippen LogP contribution in [0.15, 0.2) is 30.5 Å². The minimum absolute atomic E-state index is 0.0639. The van der Waals surface area contributed by atoms with Crippen molar-refractivity contribution in [3.05, 3.63) is 36.0 Å². The van der Waals surface area contributed by atoms with Gasteiger partial charge in [0.15, 0.2) is 0 Å². The lowest BCUT2D eigenvalue weighted by Crippen LogP contribution is -2.24. The number of aromatic nitrogens is 1. The standard InChI is InChI=1S/C13H16N2O2/c16-8-2-1-6-15-13(17)11-3-4-12-10(9-11)5-7-14-12/h3-5,7,9,14,16H,1-2,6,8H2,(H,15,17). The van der Waals surface area contributed by atoms with Gasteiger partial charge in [0.1, 0.15) is 0 Å². The maximum absolute atomic E-state index is 11.8. The van der Waals surface area contributed by atoms with Crippen molar-refractivity contribution in [3.8, 4) is 0 Å². The molecule has 0 aliphatic rings. The Morgan fingerprint density at radius 1 is 1.29 bits per heavy atom. The van der Waals surface area contributed by atoms with Crippen LogP contribution < -0.4 is 5.32 Å². The number of benzene rings is 1. The van der Waals surface area contributed by atoms with E-state index in [1.807, 2.05) is 24.4 Å².